The minimum atomic E-state index is -0.554. The van der Waals surface area contributed by atoms with Crippen LogP contribution in [-0.2, 0) is 11.3 Å². The summed E-state index contributed by atoms with van der Waals surface area (Å²) in [5.41, 5.74) is 2.63. The van der Waals surface area contributed by atoms with Gasteiger partial charge in [-0.05, 0) is 35.9 Å². The first kappa shape index (κ1) is 19.1. The van der Waals surface area contributed by atoms with Gasteiger partial charge >= 0.3 is 5.69 Å². The Kier molecular flexibility index (Phi) is 5.33. The van der Waals surface area contributed by atoms with Gasteiger partial charge in [-0.1, -0.05) is 24.3 Å². The van der Waals surface area contributed by atoms with Crippen LogP contribution in [0, 0.1) is 10.1 Å². The van der Waals surface area contributed by atoms with Gasteiger partial charge in [0.1, 0.15) is 0 Å². The number of ether oxygens (including phenoxy) is 1. The Morgan fingerprint density at radius 1 is 1.10 bits per heavy atom. The molecular weight excluding hydrogens is 388 g/mol. The third-order valence-corrected chi connectivity index (χ3v) is 4.28. The van der Waals surface area contributed by atoms with Crippen LogP contribution >= 0.6 is 0 Å². The van der Waals surface area contributed by atoms with E-state index in [0.29, 0.717) is 17.1 Å². The molecule has 0 saturated carbocycles. The number of hydrogen-bond acceptors (Lipinski definition) is 7. The summed E-state index contributed by atoms with van der Waals surface area (Å²) in [7, 11) is 0. The van der Waals surface area contributed by atoms with Crippen molar-refractivity contribution in [2.45, 2.75) is 6.54 Å². The van der Waals surface area contributed by atoms with E-state index in [1.807, 2.05) is 24.3 Å². The van der Waals surface area contributed by atoms with Crippen LogP contribution in [0.2, 0.25) is 0 Å². The SMILES string of the molecule is O=C(COc1ccccc1[N+](=O)[O-])NCc1ccc(-c2nc3ncccc3o2)cc1. The zero-order chi connectivity index (χ0) is 20.9. The number of para-hydroxylation sites is 2. The second-order valence-electron chi connectivity index (χ2n) is 6.33. The summed E-state index contributed by atoms with van der Waals surface area (Å²) < 4.78 is 11.0. The van der Waals surface area contributed by atoms with E-state index in [9.17, 15) is 14.9 Å². The minimum Gasteiger partial charge on any atom is -0.477 e. The highest BCUT2D eigenvalue weighted by Gasteiger charge is 2.15. The third kappa shape index (κ3) is 4.25. The summed E-state index contributed by atoms with van der Waals surface area (Å²) in [6, 6.07) is 16.9. The average Bonchev–Trinajstić information content (AvgIpc) is 3.21. The van der Waals surface area contributed by atoms with Crippen LogP contribution in [0.25, 0.3) is 22.7 Å². The Bertz CT molecular complexity index is 1170. The number of carbonyl (C=O) groups excluding carboxylic acids is 1. The molecule has 0 atom stereocenters. The van der Waals surface area contributed by atoms with Gasteiger partial charge in [0, 0.05) is 24.4 Å². The van der Waals surface area contributed by atoms with Crippen molar-refractivity contribution in [2.24, 2.45) is 0 Å². The second kappa shape index (κ2) is 8.39. The highest BCUT2D eigenvalue weighted by Crippen LogP contribution is 2.26. The Hall–Kier alpha value is -4.27. The predicted octanol–water partition coefficient (Wildman–Crippen LogP) is 3.49. The number of hydrogen-bond donors (Lipinski definition) is 1. The van der Waals surface area contributed by atoms with Crippen LogP contribution in [0.15, 0.2) is 71.3 Å². The second-order valence-corrected chi connectivity index (χ2v) is 6.33. The van der Waals surface area contributed by atoms with Crippen molar-refractivity contribution in [1.29, 1.82) is 0 Å². The topological polar surface area (TPSA) is 120 Å². The van der Waals surface area contributed by atoms with Crippen molar-refractivity contribution in [3.8, 4) is 17.2 Å². The molecule has 0 fully saturated rings. The Morgan fingerprint density at radius 2 is 1.90 bits per heavy atom. The maximum Gasteiger partial charge on any atom is 0.310 e. The van der Waals surface area contributed by atoms with E-state index < -0.39 is 4.92 Å². The fourth-order valence-corrected chi connectivity index (χ4v) is 2.78. The number of nitrogens with one attached hydrogen (secondary N) is 1. The van der Waals surface area contributed by atoms with Crippen molar-refractivity contribution in [3.63, 3.8) is 0 Å². The number of oxazole rings is 1. The molecule has 4 rings (SSSR count). The number of pyridine rings is 1. The monoisotopic (exact) mass is 404 g/mol. The molecule has 9 heteroatoms. The summed E-state index contributed by atoms with van der Waals surface area (Å²) in [6.07, 6.45) is 1.65. The number of nitrogens with zero attached hydrogens (tertiary/aromatic N) is 3. The van der Waals surface area contributed by atoms with E-state index in [0.717, 1.165) is 11.1 Å². The first-order chi connectivity index (χ1) is 14.6. The Labute approximate surface area is 170 Å². The van der Waals surface area contributed by atoms with Crippen LogP contribution < -0.4 is 10.1 Å². The van der Waals surface area contributed by atoms with Crippen LogP contribution in [-0.4, -0.2) is 27.4 Å². The highest BCUT2D eigenvalue weighted by molar-refractivity contribution is 5.77. The summed E-state index contributed by atoms with van der Waals surface area (Å²) >= 11 is 0. The molecule has 0 spiro atoms. The number of nitro benzene ring substituents is 1. The lowest BCUT2D eigenvalue weighted by molar-refractivity contribution is -0.385. The van der Waals surface area contributed by atoms with Gasteiger partial charge in [0.15, 0.2) is 23.6 Å². The zero-order valence-electron chi connectivity index (χ0n) is 15.6. The van der Waals surface area contributed by atoms with Gasteiger partial charge in [-0.15, -0.1) is 0 Å². The van der Waals surface area contributed by atoms with Gasteiger partial charge < -0.3 is 14.5 Å². The van der Waals surface area contributed by atoms with Crippen LogP contribution in [0.4, 0.5) is 5.69 Å². The normalized spacial score (nSPS) is 10.7. The fourth-order valence-electron chi connectivity index (χ4n) is 2.78. The lowest BCUT2D eigenvalue weighted by atomic mass is 10.1. The van der Waals surface area contributed by atoms with Gasteiger partial charge in [0.25, 0.3) is 5.91 Å². The molecule has 2 aromatic heterocycles. The smallest absolute Gasteiger partial charge is 0.310 e. The molecule has 150 valence electrons. The third-order valence-electron chi connectivity index (χ3n) is 4.28. The molecule has 1 amide bonds. The quantitative estimate of drug-likeness (QED) is 0.370. The zero-order valence-corrected chi connectivity index (χ0v) is 15.6. The standard InChI is InChI=1S/C21H16N4O5/c26-19(13-29-17-5-2-1-4-16(17)25(27)28)23-12-14-7-9-15(10-8-14)21-24-20-18(30-21)6-3-11-22-20/h1-11H,12-13H2,(H,23,26). The van der Waals surface area contributed by atoms with E-state index in [-0.39, 0.29) is 30.5 Å². The van der Waals surface area contributed by atoms with Gasteiger partial charge in [0.05, 0.1) is 4.92 Å². The molecule has 0 aliphatic heterocycles. The van der Waals surface area contributed by atoms with E-state index in [1.54, 1.807) is 24.4 Å². The Balaban J connectivity index is 1.33. The van der Waals surface area contributed by atoms with Gasteiger partial charge in [0.2, 0.25) is 5.89 Å². The summed E-state index contributed by atoms with van der Waals surface area (Å²) in [4.78, 5) is 30.9. The van der Waals surface area contributed by atoms with E-state index in [2.05, 4.69) is 15.3 Å². The first-order valence-corrected chi connectivity index (χ1v) is 9.04. The van der Waals surface area contributed by atoms with E-state index in [1.165, 1.54) is 18.2 Å². The van der Waals surface area contributed by atoms with Gasteiger partial charge in [-0.3, -0.25) is 14.9 Å². The number of rotatable bonds is 7. The van der Waals surface area contributed by atoms with Gasteiger partial charge in [-0.2, -0.15) is 4.98 Å². The lowest BCUT2D eigenvalue weighted by Crippen LogP contribution is -2.28. The fraction of sp³-hybridized carbons (Fsp3) is 0.0952. The number of amides is 1. The molecule has 9 nitrogen and oxygen atoms in total. The van der Waals surface area contributed by atoms with Crippen LogP contribution in [0.5, 0.6) is 5.75 Å². The van der Waals surface area contributed by atoms with Crippen LogP contribution in [0.3, 0.4) is 0 Å². The number of benzene rings is 2. The van der Waals surface area contributed by atoms with Crippen molar-refractivity contribution in [2.75, 3.05) is 6.61 Å². The molecule has 0 radical (unpaired) electrons. The number of nitro groups is 1. The van der Waals surface area contributed by atoms with Crippen molar-refractivity contribution in [1.82, 2.24) is 15.3 Å². The highest BCUT2D eigenvalue weighted by atomic mass is 16.6. The van der Waals surface area contributed by atoms with Crippen molar-refractivity contribution >= 4 is 22.8 Å². The van der Waals surface area contributed by atoms with Crippen molar-refractivity contribution in [3.05, 3.63) is 82.5 Å². The largest absolute Gasteiger partial charge is 0.477 e. The minimum absolute atomic E-state index is 0.0508. The predicted molar refractivity (Wildman–Crippen MR) is 108 cm³/mol. The molecule has 4 aromatic rings. The summed E-state index contributed by atoms with van der Waals surface area (Å²) in [6.45, 7) is -0.0344. The molecule has 2 aromatic carbocycles. The number of carbonyl (C=O) groups is 1. The van der Waals surface area contributed by atoms with Crippen molar-refractivity contribution < 1.29 is 18.9 Å². The molecule has 0 saturated heterocycles. The average molecular weight is 404 g/mol. The molecule has 30 heavy (non-hydrogen) atoms. The molecule has 0 aliphatic rings. The molecule has 0 unspecified atom stereocenters. The van der Waals surface area contributed by atoms with E-state index in [4.69, 9.17) is 9.15 Å². The molecule has 1 N–H and O–H groups in total. The molecule has 0 aliphatic carbocycles. The molecular formula is C21H16N4O5. The Morgan fingerprint density at radius 3 is 2.67 bits per heavy atom. The maximum atomic E-state index is 12.0. The van der Waals surface area contributed by atoms with E-state index >= 15 is 0 Å². The number of fused-ring (bicyclic) bond motifs is 1. The van der Waals surface area contributed by atoms with Gasteiger partial charge in [-0.25, -0.2) is 4.98 Å². The first-order valence-electron chi connectivity index (χ1n) is 9.04. The van der Waals surface area contributed by atoms with Crippen LogP contribution in [0.1, 0.15) is 5.56 Å². The summed E-state index contributed by atoms with van der Waals surface area (Å²) in [5, 5.41) is 13.7. The summed E-state index contributed by atoms with van der Waals surface area (Å²) in [5.74, 6) is 0.134. The molecule has 2 heterocycles. The molecule has 0 bridgehead atoms. The number of aromatic nitrogens is 2. The lowest BCUT2D eigenvalue weighted by Gasteiger charge is -2.08. The maximum absolute atomic E-state index is 12.0.